The highest BCUT2D eigenvalue weighted by Crippen LogP contribution is 2.30. The number of carbonyl (C=O) groups excluding carboxylic acids is 1. The van der Waals surface area contributed by atoms with Crippen molar-refractivity contribution < 1.29 is 9.90 Å². The van der Waals surface area contributed by atoms with Gasteiger partial charge in [-0.2, -0.15) is 0 Å². The number of fused-ring (bicyclic) bond motifs is 1. The predicted octanol–water partition coefficient (Wildman–Crippen LogP) is 3.99. The van der Waals surface area contributed by atoms with Crippen LogP contribution in [0.25, 0.3) is 0 Å². The Morgan fingerprint density at radius 1 is 1.10 bits per heavy atom. The van der Waals surface area contributed by atoms with Crippen LogP contribution >= 0.6 is 0 Å². The minimum absolute atomic E-state index is 0.0552. The number of amides is 1. The lowest BCUT2D eigenvalue weighted by atomic mass is 9.92. The molecule has 5 nitrogen and oxygen atoms in total. The first-order valence-corrected chi connectivity index (χ1v) is 9.93. The fourth-order valence-electron chi connectivity index (χ4n) is 3.78. The highest BCUT2D eigenvalue weighted by molar-refractivity contribution is 6.10. The number of hydrogen-bond donors (Lipinski definition) is 2. The van der Waals surface area contributed by atoms with Crippen LogP contribution in [-0.2, 0) is 12.0 Å². The van der Waals surface area contributed by atoms with Gasteiger partial charge in [-0.15, -0.1) is 0 Å². The molecule has 0 bridgehead atoms. The van der Waals surface area contributed by atoms with Gasteiger partial charge in [0.2, 0.25) is 0 Å². The second kappa shape index (κ2) is 8.05. The maximum atomic E-state index is 13.2. The van der Waals surface area contributed by atoms with Gasteiger partial charge in [0.25, 0.3) is 5.91 Å². The lowest BCUT2D eigenvalue weighted by Gasteiger charge is -2.24. The standard InChI is InChI=1S/C24H25N3O2/c1-24(29,19-9-3-2-4-10-19)14-16-26-22-20(11-7-15-25-22)23(28)27-17-13-18-8-5-6-12-21(18)27/h2-12,15,29H,13-14,16-17H2,1H3,(H,25,26). The van der Waals surface area contributed by atoms with E-state index in [-0.39, 0.29) is 5.91 Å². The Hall–Kier alpha value is -3.18. The molecule has 0 radical (unpaired) electrons. The maximum absolute atomic E-state index is 13.2. The van der Waals surface area contributed by atoms with Crippen molar-refractivity contribution in [2.24, 2.45) is 0 Å². The Kier molecular flexibility index (Phi) is 5.32. The maximum Gasteiger partial charge on any atom is 0.262 e. The summed E-state index contributed by atoms with van der Waals surface area (Å²) < 4.78 is 0. The molecule has 2 aromatic carbocycles. The van der Waals surface area contributed by atoms with Crippen molar-refractivity contribution in [3.63, 3.8) is 0 Å². The van der Waals surface area contributed by atoms with Crippen LogP contribution in [0.1, 0.15) is 34.8 Å². The molecular weight excluding hydrogens is 362 g/mol. The molecule has 1 atom stereocenters. The minimum atomic E-state index is -0.957. The third kappa shape index (κ3) is 4.00. The predicted molar refractivity (Wildman–Crippen MR) is 115 cm³/mol. The van der Waals surface area contributed by atoms with Crippen LogP contribution in [0.4, 0.5) is 11.5 Å². The van der Waals surface area contributed by atoms with Gasteiger partial charge < -0.3 is 15.3 Å². The van der Waals surface area contributed by atoms with Gasteiger partial charge in [-0.25, -0.2) is 4.98 Å². The van der Waals surface area contributed by atoms with Crippen LogP contribution in [0.15, 0.2) is 72.9 Å². The van der Waals surface area contributed by atoms with Gasteiger partial charge in [-0.05, 0) is 49.1 Å². The summed E-state index contributed by atoms with van der Waals surface area (Å²) in [6.07, 6.45) is 3.03. The molecule has 0 spiro atoms. The van der Waals surface area contributed by atoms with Gasteiger partial charge in [0, 0.05) is 25.0 Å². The number of aromatic nitrogens is 1. The number of rotatable bonds is 6. The van der Waals surface area contributed by atoms with Crippen LogP contribution in [-0.4, -0.2) is 29.1 Å². The summed E-state index contributed by atoms with van der Waals surface area (Å²) in [5.41, 5.74) is 2.62. The Morgan fingerprint density at radius 2 is 1.86 bits per heavy atom. The van der Waals surface area contributed by atoms with Crippen LogP contribution in [0.2, 0.25) is 0 Å². The van der Waals surface area contributed by atoms with E-state index in [0.29, 0.717) is 30.9 Å². The summed E-state index contributed by atoms with van der Waals surface area (Å²) >= 11 is 0. The Labute approximate surface area is 171 Å². The molecule has 4 rings (SSSR count). The minimum Gasteiger partial charge on any atom is -0.385 e. The Morgan fingerprint density at radius 3 is 2.69 bits per heavy atom. The van der Waals surface area contributed by atoms with Crippen LogP contribution in [0.3, 0.4) is 0 Å². The fourth-order valence-corrected chi connectivity index (χ4v) is 3.78. The van der Waals surface area contributed by atoms with Gasteiger partial charge >= 0.3 is 0 Å². The number of hydrogen-bond acceptors (Lipinski definition) is 4. The monoisotopic (exact) mass is 387 g/mol. The molecule has 29 heavy (non-hydrogen) atoms. The summed E-state index contributed by atoms with van der Waals surface area (Å²) in [7, 11) is 0. The second-order valence-electron chi connectivity index (χ2n) is 7.55. The van der Waals surface area contributed by atoms with Crippen LogP contribution < -0.4 is 10.2 Å². The van der Waals surface area contributed by atoms with Crippen molar-refractivity contribution in [1.82, 2.24) is 4.98 Å². The fraction of sp³-hybridized carbons (Fsp3) is 0.250. The van der Waals surface area contributed by atoms with E-state index in [1.165, 1.54) is 5.56 Å². The molecular formula is C24H25N3O2. The zero-order valence-electron chi connectivity index (χ0n) is 16.5. The first kappa shape index (κ1) is 19.2. The van der Waals surface area contributed by atoms with Crippen molar-refractivity contribution in [2.75, 3.05) is 23.3 Å². The number of nitrogens with one attached hydrogen (secondary N) is 1. The molecule has 0 aliphatic carbocycles. The highest BCUT2D eigenvalue weighted by Gasteiger charge is 2.27. The van der Waals surface area contributed by atoms with E-state index in [4.69, 9.17) is 0 Å². The highest BCUT2D eigenvalue weighted by atomic mass is 16.3. The molecule has 1 unspecified atom stereocenters. The summed E-state index contributed by atoms with van der Waals surface area (Å²) in [6, 6.07) is 21.2. The average molecular weight is 387 g/mol. The number of pyridine rings is 1. The van der Waals surface area contributed by atoms with E-state index in [9.17, 15) is 9.90 Å². The number of carbonyl (C=O) groups is 1. The molecule has 2 heterocycles. The number of para-hydroxylation sites is 1. The second-order valence-corrected chi connectivity index (χ2v) is 7.55. The van der Waals surface area contributed by atoms with E-state index in [2.05, 4.69) is 16.4 Å². The van der Waals surface area contributed by atoms with E-state index in [1.54, 1.807) is 25.3 Å². The first-order valence-electron chi connectivity index (χ1n) is 9.93. The molecule has 1 aliphatic rings. The van der Waals surface area contributed by atoms with Crippen LogP contribution in [0.5, 0.6) is 0 Å². The van der Waals surface area contributed by atoms with Gasteiger partial charge in [0.05, 0.1) is 11.2 Å². The van der Waals surface area contributed by atoms with Crippen molar-refractivity contribution >= 4 is 17.4 Å². The molecule has 0 saturated carbocycles. The molecule has 5 heteroatoms. The zero-order chi connectivity index (χ0) is 20.3. The van der Waals surface area contributed by atoms with E-state index >= 15 is 0 Å². The summed E-state index contributed by atoms with van der Waals surface area (Å²) in [5.74, 6) is 0.492. The summed E-state index contributed by atoms with van der Waals surface area (Å²) in [5, 5.41) is 14.0. The van der Waals surface area contributed by atoms with E-state index in [0.717, 1.165) is 17.7 Å². The third-order valence-electron chi connectivity index (χ3n) is 5.47. The van der Waals surface area contributed by atoms with Crippen molar-refractivity contribution in [1.29, 1.82) is 0 Å². The van der Waals surface area contributed by atoms with Gasteiger partial charge in [-0.1, -0.05) is 48.5 Å². The zero-order valence-corrected chi connectivity index (χ0v) is 16.5. The van der Waals surface area contributed by atoms with E-state index < -0.39 is 5.60 Å². The molecule has 1 aromatic heterocycles. The average Bonchev–Trinajstić information content (AvgIpc) is 3.18. The number of benzene rings is 2. The first-order chi connectivity index (χ1) is 14.1. The van der Waals surface area contributed by atoms with Gasteiger partial charge in [0.15, 0.2) is 0 Å². The van der Waals surface area contributed by atoms with Crippen molar-refractivity contribution in [3.05, 3.63) is 89.6 Å². The van der Waals surface area contributed by atoms with Crippen molar-refractivity contribution in [2.45, 2.75) is 25.4 Å². The molecule has 3 aromatic rings. The quantitative estimate of drug-likeness (QED) is 0.671. The summed E-state index contributed by atoms with van der Waals surface area (Å²) in [6.45, 7) is 2.97. The van der Waals surface area contributed by atoms with E-state index in [1.807, 2.05) is 53.4 Å². The normalized spacial score (nSPS) is 14.9. The Balaban J connectivity index is 1.47. The Bertz CT molecular complexity index is 1000. The molecule has 0 saturated heterocycles. The topological polar surface area (TPSA) is 65.5 Å². The summed E-state index contributed by atoms with van der Waals surface area (Å²) in [4.78, 5) is 19.4. The SMILES string of the molecule is CC(O)(CCNc1ncccc1C(=O)N1CCc2ccccc21)c1ccccc1. The van der Waals surface area contributed by atoms with Gasteiger partial charge in [0.1, 0.15) is 5.82 Å². The molecule has 148 valence electrons. The lowest BCUT2D eigenvalue weighted by molar-refractivity contribution is 0.0515. The largest absolute Gasteiger partial charge is 0.385 e. The molecule has 2 N–H and O–H groups in total. The molecule has 1 aliphatic heterocycles. The third-order valence-corrected chi connectivity index (χ3v) is 5.47. The smallest absolute Gasteiger partial charge is 0.262 e. The van der Waals surface area contributed by atoms with Crippen LogP contribution in [0, 0.1) is 0 Å². The molecule has 0 fully saturated rings. The molecule has 1 amide bonds. The van der Waals surface area contributed by atoms with Gasteiger partial charge in [-0.3, -0.25) is 4.79 Å². The number of aliphatic hydroxyl groups is 1. The number of nitrogens with zero attached hydrogens (tertiary/aromatic N) is 2. The lowest BCUT2D eigenvalue weighted by Crippen LogP contribution is -2.30. The van der Waals surface area contributed by atoms with Crippen molar-refractivity contribution in [3.8, 4) is 0 Å². The number of anilines is 2.